The minimum Gasteiger partial charge on any atom is -0.495 e. The van der Waals surface area contributed by atoms with Gasteiger partial charge in [-0.15, -0.1) is 11.6 Å². The molecule has 1 fully saturated rings. The van der Waals surface area contributed by atoms with Gasteiger partial charge in [0.25, 0.3) is 0 Å². The summed E-state index contributed by atoms with van der Waals surface area (Å²) in [5, 5.41) is -0.146. The smallest absolute Gasteiger partial charge is 0.141 e. The van der Waals surface area contributed by atoms with Crippen LogP contribution < -0.4 is 9.47 Å². The molecule has 1 saturated carbocycles. The van der Waals surface area contributed by atoms with E-state index >= 15 is 0 Å². The molecule has 1 aliphatic rings. The van der Waals surface area contributed by atoms with E-state index in [0.29, 0.717) is 0 Å². The highest BCUT2D eigenvalue weighted by atomic mass is 79.9. The summed E-state index contributed by atoms with van der Waals surface area (Å²) in [6, 6.07) is 3.86. The average molecular weight is 364 g/mol. The third-order valence-electron chi connectivity index (χ3n) is 4.10. The third-order valence-corrected chi connectivity index (χ3v) is 5.24. The van der Waals surface area contributed by atoms with Crippen molar-refractivity contribution >= 4 is 27.5 Å². The number of methoxy groups -OCH3 is 3. The van der Waals surface area contributed by atoms with Gasteiger partial charge in [-0.2, -0.15) is 0 Å². The summed E-state index contributed by atoms with van der Waals surface area (Å²) in [5.41, 5.74) is 0.897. The van der Waals surface area contributed by atoms with Gasteiger partial charge in [0, 0.05) is 12.7 Å². The molecule has 2 rings (SSSR count). The predicted molar refractivity (Wildman–Crippen MR) is 84.0 cm³/mol. The van der Waals surface area contributed by atoms with Crippen molar-refractivity contribution in [2.24, 2.45) is 0 Å². The molecule has 0 heterocycles. The maximum Gasteiger partial charge on any atom is 0.141 e. The molecule has 20 heavy (non-hydrogen) atoms. The highest BCUT2D eigenvalue weighted by molar-refractivity contribution is 9.10. The highest BCUT2D eigenvalue weighted by Crippen LogP contribution is 2.48. The zero-order valence-electron chi connectivity index (χ0n) is 12.0. The van der Waals surface area contributed by atoms with E-state index in [-0.39, 0.29) is 11.0 Å². The second-order valence-corrected chi connectivity index (χ2v) is 6.44. The zero-order valence-corrected chi connectivity index (χ0v) is 14.4. The van der Waals surface area contributed by atoms with E-state index in [9.17, 15) is 0 Å². The Morgan fingerprint density at radius 3 is 2.40 bits per heavy atom. The van der Waals surface area contributed by atoms with Gasteiger partial charge in [-0.1, -0.05) is 6.07 Å². The SMILES string of the molecule is COc1ccc(C(Cl)CC2(OC)CCC2)c(OC)c1Br. The standard InChI is InChI=1S/C15H20BrClO3/c1-18-12-6-5-10(14(19-2)13(12)16)11(17)9-15(20-3)7-4-8-15/h5-6,11H,4,7-9H2,1-3H3. The number of alkyl halides is 1. The van der Waals surface area contributed by atoms with Crippen LogP contribution in [0.2, 0.25) is 0 Å². The summed E-state index contributed by atoms with van der Waals surface area (Å²) in [6.07, 6.45) is 4.15. The molecule has 5 heteroatoms. The Morgan fingerprint density at radius 1 is 1.25 bits per heavy atom. The fourth-order valence-electron chi connectivity index (χ4n) is 2.66. The predicted octanol–water partition coefficient (Wildman–Crippen LogP) is 4.71. The van der Waals surface area contributed by atoms with E-state index in [1.165, 1.54) is 6.42 Å². The van der Waals surface area contributed by atoms with E-state index < -0.39 is 0 Å². The summed E-state index contributed by atoms with van der Waals surface area (Å²) in [6.45, 7) is 0. The van der Waals surface area contributed by atoms with Gasteiger partial charge in [0.05, 0.1) is 25.2 Å². The lowest BCUT2D eigenvalue weighted by molar-refractivity contribution is -0.0780. The molecule has 1 aromatic rings. The number of benzene rings is 1. The van der Waals surface area contributed by atoms with Gasteiger partial charge in [0.2, 0.25) is 0 Å². The van der Waals surface area contributed by atoms with Crippen molar-refractivity contribution in [3.05, 3.63) is 22.2 Å². The van der Waals surface area contributed by atoms with Crippen LogP contribution in [0.5, 0.6) is 11.5 Å². The van der Waals surface area contributed by atoms with E-state index in [2.05, 4.69) is 15.9 Å². The van der Waals surface area contributed by atoms with Crippen LogP contribution in [0.15, 0.2) is 16.6 Å². The van der Waals surface area contributed by atoms with Crippen LogP contribution in [0.3, 0.4) is 0 Å². The number of hydrogen-bond acceptors (Lipinski definition) is 3. The lowest BCUT2D eigenvalue weighted by Gasteiger charge is -2.42. The van der Waals surface area contributed by atoms with E-state index in [1.807, 2.05) is 12.1 Å². The first-order chi connectivity index (χ1) is 9.56. The maximum absolute atomic E-state index is 6.61. The molecule has 1 aliphatic carbocycles. The van der Waals surface area contributed by atoms with Crippen LogP contribution in [0, 0.1) is 0 Å². The molecule has 3 nitrogen and oxygen atoms in total. The van der Waals surface area contributed by atoms with E-state index in [1.54, 1.807) is 21.3 Å². The molecule has 0 N–H and O–H groups in total. The van der Waals surface area contributed by atoms with Gasteiger partial charge in [-0.3, -0.25) is 0 Å². The first-order valence-corrected chi connectivity index (χ1v) is 7.89. The molecule has 0 aromatic heterocycles. The van der Waals surface area contributed by atoms with Crippen LogP contribution in [0.25, 0.3) is 0 Å². The topological polar surface area (TPSA) is 27.7 Å². The second kappa shape index (κ2) is 6.54. The lowest BCUT2D eigenvalue weighted by atomic mass is 9.76. The maximum atomic E-state index is 6.61. The van der Waals surface area contributed by atoms with Crippen molar-refractivity contribution in [3.8, 4) is 11.5 Å². The highest BCUT2D eigenvalue weighted by Gasteiger charge is 2.39. The van der Waals surface area contributed by atoms with Crippen molar-refractivity contribution in [3.63, 3.8) is 0 Å². The Labute approximate surface area is 133 Å². The van der Waals surface area contributed by atoms with Crippen LogP contribution in [-0.2, 0) is 4.74 Å². The van der Waals surface area contributed by atoms with Gasteiger partial charge in [0.1, 0.15) is 16.0 Å². The van der Waals surface area contributed by atoms with Gasteiger partial charge in [0.15, 0.2) is 0 Å². The van der Waals surface area contributed by atoms with Gasteiger partial charge in [-0.05, 0) is 47.7 Å². The molecule has 0 saturated heterocycles. The number of hydrogen-bond donors (Lipinski definition) is 0. The summed E-state index contributed by atoms with van der Waals surface area (Å²) < 4.78 is 17.2. The number of halogens is 2. The van der Waals surface area contributed by atoms with E-state index in [4.69, 9.17) is 25.8 Å². The molecule has 112 valence electrons. The van der Waals surface area contributed by atoms with Crippen molar-refractivity contribution in [2.75, 3.05) is 21.3 Å². The molecule has 0 radical (unpaired) electrons. The average Bonchev–Trinajstić information content (AvgIpc) is 2.42. The Bertz CT molecular complexity index is 469. The van der Waals surface area contributed by atoms with Crippen LogP contribution >= 0.6 is 27.5 Å². The molecule has 0 amide bonds. The van der Waals surface area contributed by atoms with Crippen molar-refractivity contribution in [1.82, 2.24) is 0 Å². The Balaban J connectivity index is 2.25. The molecule has 0 aliphatic heterocycles. The molecule has 1 atom stereocenters. The van der Waals surface area contributed by atoms with Crippen LogP contribution in [0.4, 0.5) is 0 Å². The first-order valence-electron chi connectivity index (χ1n) is 6.66. The van der Waals surface area contributed by atoms with Gasteiger partial charge < -0.3 is 14.2 Å². The summed E-state index contributed by atoms with van der Waals surface area (Å²) >= 11 is 10.1. The molecular formula is C15H20BrClO3. The second-order valence-electron chi connectivity index (χ2n) is 5.12. The van der Waals surface area contributed by atoms with E-state index in [0.717, 1.165) is 40.8 Å². The Kier molecular flexibility index (Phi) is 5.21. The third kappa shape index (κ3) is 2.92. The van der Waals surface area contributed by atoms with Gasteiger partial charge >= 0.3 is 0 Å². The summed E-state index contributed by atoms with van der Waals surface area (Å²) in [5.74, 6) is 1.47. The molecule has 0 bridgehead atoms. The first kappa shape index (κ1) is 15.9. The normalized spacial score (nSPS) is 18.2. The van der Waals surface area contributed by atoms with Gasteiger partial charge in [-0.25, -0.2) is 0 Å². The lowest BCUT2D eigenvalue weighted by Crippen LogP contribution is -2.39. The summed E-state index contributed by atoms with van der Waals surface area (Å²) in [4.78, 5) is 0. The fraction of sp³-hybridized carbons (Fsp3) is 0.600. The Morgan fingerprint density at radius 2 is 1.95 bits per heavy atom. The minimum atomic E-state index is -0.146. The van der Waals surface area contributed by atoms with Crippen molar-refractivity contribution in [1.29, 1.82) is 0 Å². The minimum absolute atomic E-state index is 0.0656. The largest absolute Gasteiger partial charge is 0.495 e. The summed E-state index contributed by atoms with van der Waals surface area (Å²) in [7, 11) is 5.04. The molecular weight excluding hydrogens is 344 g/mol. The molecule has 1 aromatic carbocycles. The quantitative estimate of drug-likeness (QED) is 0.685. The number of rotatable bonds is 6. The van der Waals surface area contributed by atoms with Crippen molar-refractivity contribution < 1.29 is 14.2 Å². The molecule has 1 unspecified atom stereocenters. The monoisotopic (exact) mass is 362 g/mol. The van der Waals surface area contributed by atoms with Crippen LogP contribution in [-0.4, -0.2) is 26.9 Å². The Hall–Kier alpha value is -0.450. The van der Waals surface area contributed by atoms with Crippen LogP contribution in [0.1, 0.15) is 36.6 Å². The molecule has 0 spiro atoms. The fourth-order valence-corrected chi connectivity index (χ4v) is 3.80. The zero-order chi connectivity index (χ0) is 14.8. The number of ether oxygens (including phenoxy) is 3. The van der Waals surface area contributed by atoms with Crippen molar-refractivity contribution in [2.45, 2.75) is 36.7 Å².